The lowest BCUT2D eigenvalue weighted by Crippen LogP contribution is -2.40. The van der Waals surface area contributed by atoms with Gasteiger partial charge in [-0.2, -0.15) is 0 Å². The minimum absolute atomic E-state index is 0.106. The van der Waals surface area contributed by atoms with Crippen molar-refractivity contribution in [3.63, 3.8) is 0 Å². The van der Waals surface area contributed by atoms with E-state index in [-0.39, 0.29) is 29.1 Å². The molecule has 0 fully saturated rings. The quantitative estimate of drug-likeness (QED) is 0.767. The van der Waals surface area contributed by atoms with Gasteiger partial charge >= 0.3 is 0 Å². The molecule has 2 rings (SSSR count). The summed E-state index contributed by atoms with van der Waals surface area (Å²) in [7, 11) is 2.89. The van der Waals surface area contributed by atoms with Gasteiger partial charge in [0.1, 0.15) is 6.10 Å². The average Bonchev–Trinajstić information content (AvgIpc) is 2.63. The van der Waals surface area contributed by atoms with Crippen LogP contribution in [0, 0.1) is 11.8 Å². The third kappa shape index (κ3) is 4.51. The zero-order chi connectivity index (χ0) is 18.4. The normalized spacial score (nSPS) is 24.4. The van der Waals surface area contributed by atoms with Crippen LogP contribution in [-0.2, 0) is 20.7 Å². The van der Waals surface area contributed by atoms with E-state index >= 15 is 0 Å². The first-order valence-corrected chi connectivity index (χ1v) is 8.73. The molecule has 0 amide bonds. The van der Waals surface area contributed by atoms with Crippen molar-refractivity contribution in [1.29, 1.82) is 0 Å². The van der Waals surface area contributed by atoms with Crippen molar-refractivity contribution in [2.24, 2.45) is 11.8 Å². The molecule has 1 aliphatic carbocycles. The minimum atomic E-state index is -0.828. The zero-order valence-electron chi connectivity index (χ0n) is 15.5. The van der Waals surface area contributed by atoms with E-state index in [4.69, 9.17) is 9.47 Å². The summed E-state index contributed by atoms with van der Waals surface area (Å²) in [5.74, 6) is -0.227. The Morgan fingerprint density at radius 1 is 1.20 bits per heavy atom. The second-order valence-corrected chi connectivity index (χ2v) is 6.64. The molecule has 0 bridgehead atoms. The number of Topliss-reactive ketones (excluding diaryl/α,β-unsaturated/α-hetero) is 1. The average molecular weight is 344 g/mol. The largest absolute Gasteiger partial charge is 0.494 e. The van der Waals surface area contributed by atoms with Crippen LogP contribution in [0.25, 0.3) is 0 Å². The van der Waals surface area contributed by atoms with Gasteiger partial charge in [0.2, 0.25) is 11.5 Å². The number of allylic oxidation sites excluding steroid dienone is 3. The number of aliphatic hydroxyl groups is 1. The van der Waals surface area contributed by atoms with Crippen LogP contribution in [0.5, 0.6) is 0 Å². The summed E-state index contributed by atoms with van der Waals surface area (Å²) in [5.41, 5.74) is 2.57. The topological polar surface area (TPSA) is 55.8 Å². The number of ether oxygens (including phenoxy) is 2. The van der Waals surface area contributed by atoms with E-state index in [2.05, 4.69) is 25.1 Å². The first-order chi connectivity index (χ1) is 12.0. The summed E-state index contributed by atoms with van der Waals surface area (Å²) in [5, 5.41) is 10.6. The Bertz CT molecular complexity index is 645. The number of benzene rings is 1. The SMILES string of the molecule is COC1=C(OC)C(O)C(C/C=C(\C)CCc2ccccc2)C(C)C1=O. The van der Waals surface area contributed by atoms with Gasteiger partial charge in [-0.3, -0.25) is 4.79 Å². The summed E-state index contributed by atoms with van der Waals surface area (Å²) in [6.07, 6.45) is 3.89. The van der Waals surface area contributed by atoms with Crippen LogP contribution in [0.2, 0.25) is 0 Å². The summed E-state index contributed by atoms with van der Waals surface area (Å²) >= 11 is 0. The number of methoxy groups -OCH3 is 2. The standard InChI is InChI=1S/C21H28O4/c1-14(10-12-16-8-6-5-7-9-16)11-13-17-15(2)18(22)20(24-3)21(25-4)19(17)23/h5-9,11,15,17,19,23H,10,12-13H2,1-4H3/b14-11+. The molecule has 0 saturated carbocycles. The number of carbonyl (C=O) groups is 1. The maximum absolute atomic E-state index is 12.4. The number of ketones is 1. The van der Waals surface area contributed by atoms with Gasteiger partial charge in [-0.15, -0.1) is 0 Å². The Balaban J connectivity index is 2.03. The maximum Gasteiger partial charge on any atom is 0.204 e. The number of carbonyl (C=O) groups excluding carboxylic acids is 1. The molecule has 0 saturated heterocycles. The van der Waals surface area contributed by atoms with E-state index < -0.39 is 6.10 Å². The maximum atomic E-state index is 12.4. The predicted octanol–water partition coefficient (Wildman–Crippen LogP) is 3.66. The van der Waals surface area contributed by atoms with Crippen molar-refractivity contribution in [1.82, 2.24) is 0 Å². The third-order valence-corrected chi connectivity index (χ3v) is 4.99. The highest BCUT2D eigenvalue weighted by Gasteiger charge is 2.42. The number of hydrogen-bond donors (Lipinski definition) is 1. The monoisotopic (exact) mass is 344 g/mol. The van der Waals surface area contributed by atoms with Crippen molar-refractivity contribution >= 4 is 5.78 Å². The Morgan fingerprint density at radius 2 is 1.88 bits per heavy atom. The lowest BCUT2D eigenvalue weighted by molar-refractivity contribution is -0.128. The molecule has 1 N–H and O–H groups in total. The fourth-order valence-electron chi connectivity index (χ4n) is 3.30. The Labute approximate surface area is 150 Å². The van der Waals surface area contributed by atoms with Gasteiger partial charge in [0.25, 0.3) is 0 Å². The predicted molar refractivity (Wildman–Crippen MR) is 97.8 cm³/mol. The number of aliphatic hydroxyl groups excluding tert-OH is 1. The molecule has 4 heteroatoms. The first-order valence-electron chi connectivity index (χ1n) is 8.73. The van der Waals surface area contributed by atoms with Gasteiger partial charge < -0.3 is 14.6 Å². The van der Waals surface area contributed by atoms with Crippen molar-refractivity contribution in [3.8, 4) is 0 Å². The summed E-state index contributed by atoms with van der Waals surface area (Å²) in [6.45, 7) is 3.94. The van der Waals surface area contributed by atoms with Gasteiger partial charge in [-0.25, -0.2) is 0 Å². The molecule has 4 nitrogen and oxygen atoms in total. The first kappa shape index (κ1) is 19.3. The molecule has 0 aromatic heterocycles. The molecule has 3 atom stereocenters. The molecule has 1 aromatic carbocycles. The molecule has 0 aliphatic heterocycles. The highest BCUT2D eigenvalue weighted by Crippen LogP contribution is 2.35. The molecule has 25 heavy (non-hydrogen) atoms. The van der Waals surface area contributed by atoms with Crippen LogP contribution in [0.4, 0.5) is 0 Å². The Hall–Kier alpha value is -2.07. The van der Waals surface area contributed by atoms with E-state index in [1.807, 2.05) is 25.1 Å². The van der Waals surface area contributed by atoms with Gasteiger partial charge in [0, 0.05) is 11.8 Å². The summed E-state index contributed by atoms with van der Waals surface area (Å²) < 4.78 is 10.4. The minimum Gasteiger partial charge on any atom is -0.494 e. The Kier molecular flexibility index (Phi) is 6.82. The number of aryl methyl sites for hydroxylation is 1. The van der Waals surface area contributed by atoms with E-state index in [9.17, 15) is 9.90 Å². The third-order valence-electron chi connectivity index (χ3n) is 4.99. The molecular weight excluding hydrogens is 316 g/mol. The van der Waals surface area contributed by atoms with Crippen molar-refractivity contribution in [2.75, 3.05) is 14.2 Å². The van der Waals surface area contributed by atoms with E-state index in [1.165, 1.54) is 25.4 Å². The van der Waals surface area contributed by atoms with Gasteiger partial charge in [0.05, 0.1) is 14.2 Å². The van der Waals surface area contributed by atoms with Gasteiger partial charge in [-0.1, -0.05) is 48.9 Å². The molecule has 3 unspecified atom stereocenters. The highest BCUT2D eigenvalue weighted by atomic mass is 16.5. The fourth-order valence-corrected chi connectivity index (χ4v) is 3.30. The number of hydrogen-bond acceptors (Lipinski definition) is 4. The number of rotatable bonds is 7. The second kappa shape index (κ2) is 8.86. The smallest absolute Gasteiger partial charge is 0.204 e. The fraction of sp³-hybridized carbons (Fsp3) is 0.476. The van der Waals surface area contributed by atoms with Crippen LogP contribution in [0.3, 0.4) is 0 Å². The Morgan fingerprint density at radius 3 is 2.48 bits per heavy atom. The molecule has 1 aliphatic rings. The van der Waals surface area contributed by atoms with Crippen LogP contribution < -0.4 is 0 Å². The highest BCUT2D eigenvalue weighted by molar-refractivity contribution is 5.97. The van der Waals surface area contributed by atoms with E-state index in [0.29, 0.717) is 6.42 Å². The van der Waals surface area contributed by atoms with Gasteiger partial charge in [-0.05, 0) is 31.7 Å². The lowest BCUT2D eigenvalue weighted by atomic mass is 9.77. The van der Waals surface area contributed by atoms with Gasteiger partial charge in [0.15, 0.2) is 5.76 Å². The lowest BCUT2D eigenvalue weighted by Gasteiger charge is -2.33. The molecule has 136 valence electrons. The van der Waals surface area contributed by atoms with Crippen LogP contribution in [0.1, 0.15) is 32.3 Å². The van der Waals surface area contributed by atoms with Crippen molar-refractivity contribution < 1.29 is 19.4 Å². The second-order valence-electron chi connectivity index (χ2n) is 6.64. The molecule has 0 heterocycles. The summed E-state index contributed by atoms with van der Waals surface area (Å²) in [6, 6.07) is 10.4. The van der Waals surface area contributed by atoms with E-state index in [1.54, 1.807) is 0 Å². The molecular formula is C21H28O4. The van der Waals surface area contributed by atoms with Crippen molar-refractivity contribution in [2.45, 2.75) is 39.2 Å². The zero-order valence-corrected chi connectivity index (χ0v) is 15.5. The molecule has 0 spiro atoms. The van der Waals surface area contributed by atoms with Crippen molar-refractivity contribution in [3.05, 3.63) is 59.1 Å². The van der Waals surface area contributed by atoms with Crippen LogP contribution in [0.15, 0.2) is 53.5 Å². The summed E-state index contributed by atoms with van der Waals surface area (Å²) in [4.78, 5) is 12.4. The molecule has 0 radical (unpaired) electrons. The van der Waals surface area contributed by atoms with Crippen LogP contribution >= 0.6 is 0 Å². The van der Waals surface area contributed by atoms with Crippen LogP contribution in [-0.4, -0.2) is 31.2 Å². The molecule has 1 aromatic rings. The van der Waals surface area contributed by atoms with E-state index in [0.717, 1.165) is 12.8 Å².